The van der Waals surface area contributed by atoms with Gasteiger partial charge in [-0.1, -0.05) is 45.8 Å². The molecule has 8 heteroatoms. The first kappa shape index (κ1) is 25.6. The molecule has 0 aliphatic heterocycles. The lowest BCUT2D eigenvalue weighted by Gasteiger charge is -2.19. The zero-order chi connectivity index (χ0) is 20.7. The maximum absolute atomic E-state index is 12.8. The van der Waals surface area contributed by atoms with Crippen molar-refractivity contribution < 1.29 is 32.7 Å². The first-order valence-electron chi connectivity index (χ1n) is 9.25. The monoisotopic (exact) mass is 404 g/mol. The minimum atomic E-state index is -3.36. The zero-order valence-corrected chi connectivity index (χ0v) is 17.7. The van der Waals surface area contributed by atoms with Gasteiger partial charge in [-0.05, 0) is 20.3 Å². The van der Waals surface area contributed by atoms with E-state index in [0.717, 1.165) is 25.7 Å². The van der Waals surface area contributed by atoms with E-state index in [1.807, 2.05) is 0 Å². The van der Waals surface area contributed by atoms with E-state index in [0.29, 0.717) is 6.42 Å². The average molecular weight is 404 g/mol. The molecule has 0 spiro atoms. The Morgan fingerprint density at radius 2 is 1.22 bits per heavy atom. The molecule has 0 aromatic rings. The molecule has 0 saturated heterocycles. The molecule has 0 saturated carbocycles. The number of esters is 2. The molecule has 0 aromatic heterocycles. The molecule has 0 aromatic carbocycles. The smallest absolute Gasteiger partial charge is 0.333 e. The van der Waals surface area contributed by atoms with E-state index < -0.39 is 19.5 Å². The van der Waals surface area contributed by atoms with Gasteiger partial charge < -0.3 is 18.5 Å². The average Bonchev–Trinajstić information content (AvgIpc) is 2.61. The summed E-state index contributed by atoms with van der Waals surface area (Å²) in [5.41, 5.74) is 0.564. The lowest BCUT2D eigenvalue weighted by atomic mass is 10.2. The van der Waals surface area contributed by atoms with Crippen LogP contribution in [0.1, 0.15) is 52.9 Å². The van der Waals surface area contributed by atoms with Crippen LogP contribution < -0.4 is 0 Å². The molecule has 0 aliphatic carbocycles. The third-order valence-electron chi connectivity index (χ3n) is 3.44. The van der Waals surface area contributed by atoms with Crippen LogP contribution in [0.15, 0.2) is 24.3 Å². The fourth-order valence-corrected chi connectivity index (χ4v) is 3.59. The summed E-state index contributed by atoms with van der Waals surface area (Å²) in [6, 6.07) is 0. The molecule has 27 heavy (non-hydrogen) atoms. The van der Waals surface area contributed by atoms with Crippen molar-refractivity contribution in [3.63, 3.8) is 0 Å². The summed E-state index contributed by atoms with van der Waals surface area (Å²) in [6.45, 7) is 12.0. The van der Waals surface area contributed by atoms with Crippen LogP contribution >= 0.6 is 7.60 Å². The van der Waals surface area contributed by atoms with Gasteiger partial charge >= 0.3 is 19.5 Å². The van der Waals surface area contributed by atoms with E-state index in [1.54, 1.807) is 13.8 Å². The van der Waals surface area contributed by atoms with Gasteiger partial charge in [-0.3, -0.25) is 4.57 Å². The van der Waals surface area contributed by atoms with Crippen molar-refractivity contribution in [3.05, 3.63) is 24.3 Å². The minimum absolute atomic E-state index is 0.0421. The standard InChI is InChI=1S/C19H33O7P/c1-6-7-8-9-10-15-27(22,25-13-11-23-18(20)16(2)3)26-14-12-24-19(21)17(4)5/h2,4,6-15H2,1,3,5H3. The number of carbonyl (C=O) groups is 2. The van der Waals surface area contributed by atoms with Crippen LogP contribution in [-0.4, -0.2) is 44.5 Å². The zero-order valence-electron chi connectivity index (χ0n) is 16.8. The van der Waals surface area contributed by atoms with Gasteiger partial charge in [-0.2, -0.15) is 0 Å². The van der Waals surface area contributed by atoms with Gasteiger partial charge in [0.15, 0.2) is 0 Å². The van der Waals surface area contributed by atoms with Crippen molar-refractivity contribution in [2.75, 3.05) is 32.6 Å². The molecule has 0 heterocycles. The molecular formula is C19H33O7P. The van der Waals surface area contributed by atoms with Gasteiger partial charge in [-0.15, -0.1) is 0 Å². The van der Waals surface area contributed by atoms with Crippen molar-refractivity contribution in [1.82, 2.24) is 0 Å². The SMILES string of the molecule is C=C(C)C(=O)OCCOP(=O)(CCCCCCC)OCCOC(=O)C(=C)C. The Bertz CT molecular complexity index is 504. The van der Waals surface area contributed by atoms with Crippen LogP contribution in [0.4, 0.5) is 0 Å². The van der Waals surface area contributed by atoms with Crippen LogP contribution in [0, 0.1) is 0 Å². The van der Waals surface area contributed by atoms with Gasteiger partial charge in [-0.25, -0.2) is 9.59 Å². The van der Waals surface area contributed by atoms with Crippen LogP contribution in [-0.2, 0) is 32.7 Å². The Morgan fingerprint density at radius 1 is 0.778 bits per heavy atom. The molecule has 0 N–H and O–H groups in total. The summed E-state index contributed by atoms with van der Waals surface area (Å²) in [5, 5.41) is 0. The molecule has 0 amide bonds. The summed E-state index contributed by atoms with van der Waals surface area (Å²) >= 11 is 0. The Labute approximate surface area is 162 Å². The maximum Gasteiger partial charge on any atom is 0.333 e. The molecule has 0 bridgehead atoms. The third-order valence-corrected chi connectivity index (χ3v) is 5.46. The van der Waals surface area contributed by atoms with Crippen molar-refractivity contribution in [3.8, 4) is 0 Å². The van der Waals surface area contributed by atoms with E-state index in [2.05, 4.69) is 20.1 Å². The van der Waals surface area contributed by atoms with Crippen LogP contribution in [0.5, 0.6) is 0 Å². The lowest BCUT2D eigenvalue weighted by Crippen LogP contribution is -2.14. The molecule has 0 atom stereocenters. The van der Waals surface area contributed by atoms with Crippen LogP contribution in [0.2, 0.25) is 0 Å². The highest BCUT2D eigenvalue weighted by atomic mass is 31.2. The summed E-state index contributed by atoms with van der Waals surface area (Å²) in [6.07, 6.45) is 5.20. The summed E-state index contributed by atoms with van der Waals surface area (Å²) < 4.78 is 33.5. The van der Waals surface area contributed by atoms with Crippen molar-refractivity contribution in [2.45, 2.75) is 52.9 Å². The van der Waals surface area contributed by atoms with Crippen molar-refractivity contribution in [1.29, 1.82) is 0 Å². The predicted molar refractivity (Wildman–Crippen MR) is 105 cm³/mol. The van der Waals surface area contributed by atoms with Gasteiger partial charge in [0.2, 0.25) is 0 Å². The van der Waals surface area contributed by atoms with Gasteiger partial charge in [0.25, 0.3) is 0 Å². The summed E-state index contributed by atoms with van der Waals surface area (Å²) in [7, 11) is -3.36. The molecule has 0 rings (SSSR count). The summed E-state index contributed by atoms with van der Waals surface area (Å²) in [4.78, 5) is 22.7. The number of unbranched alkanes of at least 4 members (excludes halogenated alkanes) is 4. The van der Waals surface area contributed by atoms with E-state index in [-0.39, 0.29) is 43.7 Å². The highest BCUT2D eigenvalue weighted by molar-refractivity contribution is 7.53. The Kier molecular flexibility index (Phi) is 13.8. The number of rotatable bonds is 16. The third kappa shape index (κ3) is 13.4. The van der Waals surface area contributed by atoms with Crippen LogP contribution in [0.25, 0.3) is 0 Å². The normalized spacial score (nSPS) is 11.1. The minimum Gasteiger partial charge on any atom is -0.460 e. The van der Waals surface area contributed by atoms with E-state index in [1.165, 1.54) is 0 Å². The first-order chi connectivity index (χ1) is 12.7. The fourth-order valence-electron chi connectivity index (χ4n) is 1.94. The van der Waals surface area contributed by atoms with Crippen molar-refractivity contribution in [2.24, 2.45) is 0 Å². The second-order valence-electron chi connectivity index (χ2n) is 6.25. The number of hydrogen-bond donors (Lipinski definition) is 0. The largest absolute Gasteiger partial charge is 0.460 e. The van der Waals surface area contributed by atoms with E-state index in [9.17, 15) is 14.2 Å². The number of ether oxygens (including phenoxy) is 2. The topological polar surface area (TPSA) is 88.1 Å². The van der Waals surface area contributed by atoms with Crippen molar-refractivity contribution >= 4 is 19.5 Å². The number of carbonyl (C=O) groups excluding carboxylic acids is 2. The Balaban J connectivity index is 4.40. The predicted octanol–water partition coefficient (Wildman–Crippen LogP) is 4.42. The Morgan fingerprint density at radius 3 is 1.63 bits per heavy atom. The quantitative estimate of drug-likeness (QED) is 0.163. The molecule has 0 radical (unpaired) electrons. The van der Waals surface area contributed by atoms with Gasteiger partial charge in [0, 0.05) is 11.1 Å². The van der Waals surface area contributed by atoms with Gasteiger partial charge in [0.1, 0.15) is 13.2 Å². The van der Waals surface area contributed by atoms with E-state index >= 15 is 0 Å². The van der Waals surface area contributed by atoms with E-state index in [4.69, 9.17) is 18.5 Å². The molecule has 0 fully saturated rings. The molecule has 0 unspecified atom stereocenters. The lowest BCUT2D eigenvalue weighted by molar-refractivity contribution is -0.140. The molecular weight excluding hydrogens is 371 g/mol. The first-order valence-corrected chi connectivity index (χ1v) is 11.0. The van der Waals surface area contributed by atoms with Gasteiger partial charge in [0.05, 0.1) is 19.4 Å². The highest BCUT2D eigenvalue weighted by Crippen LogP contribution is 2.48. The molecule has 7 nitrogen and oxygen atoms in total. The molecule has 156 valence electrons. The number of hydrogen-bond acceptors (Lipinski definition) is 7. The molecule has 0 aliphatic rings. The van der Waals surface area contributed by atoms with Crippen LogP contribution in [0.3, 0.4) is 0 Å². The Hall–Kier alpha value is -1.43. The fraction of sp³-hybridized carbons (Fsp3) is 0.684. The second-order valence-corrected chi connectivity index (χ2v) is 8.43. The highest BCUT2D eigenvalue weighted by Gasteiger charge is 2.24. The summed E-state index contributed by atoms with van der Waals surface area (Å²) in [5.74, 6) is -1.05. The second kappa shape index (κ2) is 14.6. The maximum atomic E-state index is 12.8.